The van der Waals surface area contributed by atoms with Crippen LogP contribution in [-0.4, -0.2) is 22.1 Å². The third kappa shape index (κ3) is 1.03. The van der Waals surface area contributed by atoms with Crippen molar-refractivity contribution in [2.24, 2.45) is 5.92 Å². The fraction of sp³-hybridized carbons (Fsp3) is 0.857. The summed E-state index contributed by atoms with van der Waals surface area (Å²) in [6.07, 6.45) is 3.55. The number of thioether (sulfide) groups is 1. The second kappa shape index (κ2) is 2.46. The molecule has 0 aromatic carbocycles. The zero-order valence-corrected chi connectivity index (χ0v) is 7.07. The van der Waals surface area contributed by atoms with Crippen LogP contribution in [0.25, 0.3) is 0 Å². The quantitative estimate of drug-likeness (QED) is 0.666. The first-order valence-electron chi connectivity index (χ1n) is 3.39. The van der Waals surface area contributed by atoms with Gasteiger partial charge in [0, 0.05) is 0 Å². The monoisotopic (exact) mass is 160 g/mol. The minimum atomic E-state index is -0.641. The maximum absolute atomic E-state index is 10.7. The highest BCUT2D eigenvalue weighted by molar-refractivity contribution is 8.00. The molecule has 1 aliphatic carbocycles. The van der Waals surface area contributed by atoms with Crippen molar-refractivity contribution in [1.82, 2.24) is 0 Å². The average molecular weight is 160 g/mol. The smallest absolute Gasteiger partial charge is 0.319 e. The molecule has 0 radical (unpaired) electrons. The molecule has 0 spiro atoms. The van der Waals surface area contributed by atoms with Gasteiger partial charge in [-0.05, 0) is 25.0 Å². The fourth-order valence-corrected chi connectivity index (χ4v) is 2.57. The summed E-state index contributed by atoms with van der Waals surface area (Å²) in [4.78, 5) is 10.7. The zero-order valence-electron chi connectivity index (χ0n) is 6.26. The van der Waals surface area contributed by atoms with Crippen LogP contribution in [0, 0.1) is 5.92 Å². The van der Waals surface area contributed by atoms with Gasteiger partial charge in [-0.3, -0.25) is 4.79 Å². The van der Waals surface area contributed by atoms with Crippen molar-refractivity contribution in [3.63, 3.8) is 0 Å². The molecule has 3 heteroatoms. The number of carbonyl (C=O) groups is 1. The Labute approximate surface area is 65.0 Å². The molecule has 2 nitrogen and oxygen atoms in total. The minimum Gasteiger partial charge on any atom is -0.480 e. The van der Waals surface area contributed by atoms with E-state index < -0.39 is 10.7 Å². The van der Waals surface area contributed by atoms with Crippen molar-refractivity contribution in [2.45, 2.75) is 24.5 Å². The minimum absolute atomic E-state index is 0.431. The molecule has 1 N–H and O–H groups in total. The van der Waals surface area contributed by atoms with E-state index in [2.05, 4.69) is 6.92 Å². The lowest BCUT2D eigenvalue weighted by Crippen LogP contribution is -2.46. The second-order valence-corrected chi connectivity index (χ2v) is 4.21. The Morgan fingerprint density at radius 1 is 1.70 bits per heavy atom. The Balaban J connectivity index is 2.56. The van der Waals surface area contributed by atoms with E-state index in [1.807, 2.05) is 6.26 Å². The fourth-order valence-electron chi connectivity index (χ4n) is 1.49. The van der Waals surface area contributed by atoms with Crippen molar-refractivity contribution < 1.29 is 9.90 Å². The molecule has 10 heavy (non-hydrogen) atoms. The molecule has 0 bridgehead atoms. The maximum Gasteiger partial charge on any atom is 0.319 e. The van der Waals surface area contributed by atoms with Crippen LogP contribution in [0.4, 0.5) is 0 Å². The number of hydrogen-bond donors (Lipinski definition) is 1. The number of hydrogen-bond acceptors (Lipinski definition) is 2. The van der Waals surface area contributed by atoms with E-state index in [1.54, 1.807) is 0 Å². The Morgan fingerprint density at radius 2 is 2.20 bits per heavy atom. The first-order valence-corrected chi connectivity index (χ1v) is 4.62. The van der Waals surface area contributed by atoms with Crippen LogP contribution in [0.3, 0.4) is 0 Å². The van der Waals surface area contributed by atoms with E-state index in [9.17, 15) is 4.79 Å². The normalized spacial score (nSPS) is 38.8. The third-order valence-corrected chi connectivity index (χ3v) is 3.43. The molecule has 0 saturated heterocycles. The van der Waals surface area contributed by atoms with E-state index in [-0.39, 0.29) is 0 Å². The molecule has 1 saturated carbocycles. The number of carboxylic acid groups (broad SMARTS) is 1. The molecule has 58 valence electrons. The van der Waals surface area contributed by atoms with Gasteiger partial charge in [0.1, 0.15) is 4.75 Å². The summed E-state index contributed by atoms with van der Waals surface area (Å²) in [6, 6.07) is 0. The van der Waals surface area contributed by atoms with Crippen LogP contribution in [0.1, 0.15) is 19.8 Å². The second-order valence-electron chi connectivity index (χ2n) is 3.02. The highest BCUT2D eigenvalue weighted by atomic mass is 32.2. The third-order valence-electron chi connectivity index (χ3n) is 2.14. The summed E-state index contributed by atoms with van der Waals surface area (Å²) in [6.45, 7) is 2.09. The molecule has 0 atom stereocenters. The molecule has 0 amide bonds. The summed E-state index contributed by atoms with van der Waals surface area (Å²) >= 11 is 1.47. The predicted octanol–water partition coefficient (Wildman–Crippen LogP) is 1.60. The van der Waals surface area contributed by atoms with Crippen molar-refractivity contribution in [2.75, 3.05) is 6.26 Å². The van der Waals surface area contributed by atoms with Gasteiger partial charge < -0.3 is 5.11 Å². The van der Waals surface area contributed by atoms with Crippen LogP contribution in [0.15, 0.2) is 0 Å². The first kappa shape index (κ1) is 7.92. The predicted molar refractivity (Wildman–Crippen MR) is 42.3 cm³/mol. The molecular weight excluding hydrogens is 148 g/mol. The molecular formula is C7H12O2S. The molecule has 0 aliphatic heterocycles. The Bertz CT molecular complexity index is 150. The molecule has 0 heterocycles. The number of carboxylic acids is 1. The van der Waals surface area contributed by atoms with Gasteiger partial charge in [-0.15, -0.1) is 11.8 Å². The zero-order chi connectivity index (χ0) is 7.78. The van der Waals surface area contributed by atoms with Crippen LogP contribution in [0.2, 0.25) is 0 Å². The SMILES string of the molecule is CSC1(C(=O)O)CC(C)C1. The summed E-state index contributed by atoms with van der Waals surface area (Å²) in [5, 5.41) is 8.78. The molecule has 0 unspecified atom stereocenters. The van der Waals surface area contributed by atoms with Crippen molar-refractivity contribution in [3.05, 3.63) is 0 Å². The molecule has 1 fully saturated rings. The maximum atomic E-state index is 10.7. The molecule has 0 aromatic heterocycles. The van der Waals surface area contributed by atoms with Gasteiger partial charge in [0.05, 0.1) is 0 Å². The van der Waals surface area contributed by atoms with Gasteiger partial charge in [-0.2, -0.15) is 0 Å². The van der Waals surface area contributed by atoms with Crippen LogP contribution < -0.4 is 0 Å². The highest BCUT2D eigenvalue weighted by Gasteiger charge is 2.47. The first-order chi connectivity index (χ1) is 4.60. The Morgan fingerprint density at radius 3 is 2.30 bits per heavy atom. The van der Waals surface area contributed by atoms with Crippen molar-refractivity contribution >= 4 is 17.7 Å². The van der Waals surface area contributed by atoms with Gasteiger partial charge in [-0.1, -0.05) is 6.92 Å². The van der Waals surface area contributed by atoms with Crippen LogP contribution in [0.5, 0.6) is 0 Å². The van der Waals surface area contributed by atoms with Crippen LogP contribution >= 0.6 is 11.8 Å². The average Bonchev–Trinajstić information content (AvgIpc) is 1.79. The van der Waals surface area contributed by atoms with E-state index >= 15 is 0 Å². The van der Waals surface area contributed by atoms with Crippen molar-refractivity contribution in [3.8, 4) is 0 Å². The molecule has 0 aromatic rings. The van der Waals surface area contributed by atoms with Crippen LogP contribution in [-0.2, 0) is 4.79 Å². The van der Waals surface area contributed by atoms with E-state index in [0.29, 0.717) is 5.92 Å². The van der Waals surface area contributed by atoms with Gasteiger partial charge in [-0.25, -0.2) is 0 Å². The molecule has 1 aliphatic rings. The standard InChI is InChI=1S/C7H12O2S/c1-5-3-7(4-5,10-2)6(8)9/h5H,3-4H2,1-2H3,(H,8,9). The molecule has 1 rings (SSSR count). The van der Waals surface area contributed by atoms with Gasteiger partial charge in [0.15, 0.2) is 0 Å². The van der Waals surface area contributed by atoms with Gasteiger partial charge >= 0.3 is 5.97 Å². The topological polar surface area (TPSA) is 37.3 Å². The van der Waals surface area contributed by atoms with E-state index in [1.165, 1.54) is 11.8 Å². The summed E-state index contributed by atoms with van der Waals surface area (Å²) < 4.78 is -0.431. The van der Waals surface area contributed by atoms with E-state index in [0.717, 1.165) is 12.8 Å². The number of rotatable bonds is 2. The van der Waals surface area contributed by atoms with Gasteiger partial charge in [0.2, 0.25) is 0 Å². The lowest BCUT2D eigenvalue weighted by Gasteiger charge is -2.41. The summed E-state index contributed by atoms with van der Waals surface area (Å²) in [7, 11) is 0. The lowest BCUT2D eigenvalue weighted by atomic mass is 9.75. The summed E-state index contributed by atoms with van der Waals surface area (Å²) in [5.74, 6) is -0.0401. The van der Waals surface area contributed by atoms with Crippen molar-refractivity contribution in [1.29, 1.82) is 0 Å². The largest absolute Gasteiger partial charge is 0.480 e. The Kier molecular flexibility index (Phi) is 1.95. The van der Waals surface area contributed by atoms with Gasteiger partial charge in [0.25, 0.3) is 0 Å². The Hall–Kier alpha value is -0.180. The number of aliphatic carboxylic acids is 1. The highest BCUT2D eigenvalue weighted by Crippen LogP contribution is 2.46. The summed E-state index contributed by atoms with van der Waals surface area (Å²) in [5.41, 5.74) is 0. The van der Waals surface area contributed by atoms with E-state index in [4.69, 9.17) is 5.11 Å². The lowest BCUT2D eigenvalue weighted by molar-refractivity contribution is -0.143.